The molecule has 7 nitrogen and oxygen atoms in total. The molecule has 0 spiro atoms. The molecule has 1 fully saturated rings. The normalized spacial score (nSPS) is 18.5. The van der Waals surface area contributed by atoms with Crippen molar-refractivity contribution in [2.45, 2.75) is 32.7 Å². The van der Waals surface area contributed by atoms with Crippen molar-refractivity contribution in [3.8, 4) is 0 Å². The second-order valence-corrected chi connectivity index (χ2v) is 6.83. The van der Waals surface area contributed by atoms with Gasteiger partial charge in [-0.2, -0.15) is 0 Å². The van der Waals surface area contributed by atoms with Gasteiger partial charge in [0.15, 0.2) is 0 Å². The van der Waals surface area contributed by atoms with E-state index in [1.54, 1.807) is 24.7 Å². The molecular formula is C20H29N5O2. The van der Waals surface area contributed by atoms with E-state index in [1.807, 2.05) is 12.1 Å². The summed E-state index contributed by atoms with van der Waals surface area (Å²) in [5.74, 6) is 1.64. The topological polar surface area (TPSA) is 74.5 Å². The zero-order valence-corrected chi connectivity index (χ0v) is 16.2. The molecule has 1 aliphatic heterocycles. The van der Waals surface area contributed by atoms with Crippen molar-refractivity contribution in [2.24, 2.45) is 5.92 Å². The average Bonchev–Trinajstić information content (AvgIpc) is 3.26. The number of nitrogens with zero attached hydrogens (tertiary/aromatic N) is 4. The van der Waals surface area contributed by atoms with Crippen LogP contribution in [0.25, 0.3) is 0 Å². The third-order valence-electron chi connectivity index (χ3n) is 5.22. The first kappa shape index (κ1) is 19.4. The summed E-state index contributed by atoms with van der Waals surface area (Å²) in [5, 5.41) is 3.15. The Bertz CT molecular complexity index is 688. The van der Waals surface area contributed by atoms with Crippen LogP contribution in [-0.4, -0.2) is 53.5 Å². The Morgan fingerprint density at radius 3 is 2.78 bits per heavy atom. The van der Waals surface area contributed by atoms with Crippen molar-refractivity contribution in [1.82, 2.24) is 20.2 Å². The minimum Gasteiger partial charge on any atom is -0.468 e. The lowest BCUT2D eigenvalue weighted by Gasteiger charge is -2.33. The van der Waals surface area contributed by atoms with Crippen molar-refractivity contribution >= 4 is 11.9 Å². The van der Waals surface area contributed by atoms with Gasteiger partial charge in [0, 0.05) is 32.0 Å². The lowest BCUT2D eigenvalue weighted by atomic mass is 9.97. The average molecular weight is 371 g/mol. The van der Waals surface area contributed by atoms with E-state index in [4.69, 9.17) is 4.42 Å². The molecule has 0 aliphatic carbocycles. The highest BCUT2D eigenvalue weighted by Crippen LogP contribution is 2.22. The molecule has 0 aromatic carbocycles. The molecule has 0 radical (unpaired) electrons. The van der Waals surface area contributed by atoms with Gasteiger partial charge < -0.3 is 14.6 Å². The van der Waals surface area contributed by atoms with Crippen LogP contribution in [0, 0.1) is 5.92 Å². The van der Waals surface area contributed by atoms with Crippen LogP contribution in [0.1, 0.15) is 38.5 Å². The summed E-state index contributed by atoms with van der Waals surface area (Å²) < 4.78 is 5.62. The van der Waals surface area contributed by atoms with Crippen molar-refractivity contribution in [2.75, 3.05) is 37.6 Å². The molecule has 2 atom stereocenters. The van der Waals surface area contributed by atoms with Crippen LogP contribution in [-0.2, 0) is 4.79 Å². The van der Waals surface area contributed by atoms with E-state index < -0.39 is 0 Å². The van der Waals surface area contributed by atoms with Crippen LogP contribution in [0.15, 0.2) is 41.3 Å². The number of carbonyl (C=O) groups excluding carboxylic acids is 1. The standard InChI is InChI=1S/C20H29N5O2/c1-3-24(4-2)17(18-9-6-13-27-18)14-23-19(26)16-8-5-12-25(15-16)20-21-10-7-11-22-20/h6-7,9-11,13,16-17H,3-5,8,12,14-15H2,1-2H3,(H,23,26)/t16-,17-/m1/s1. The molecule has 1 amide bonds. The largest absolute Gasteiger partial charge is 0.468 e. The van der Waals surface area contributed by atoms with Gasteiger partial charge in [-0.1, -0.05) is 13.8 Å². The van der Waals surface area contributed by atoms with E-state index in [-0.39, 0.29) is 17.9 Å². The summed E-state index contributed by atoms with van der Waals surface area (Å²) in [7, 11) is 0. The van der Waals surface area contributed by atoms with Crippen LogP contribution in [0.3, 0.4) is 0 Å². The zero-order chi connectivity index (χ0) is 19.1. The van der Waals surface area contributed by atoms with E-state index in [0.717, 1.165) is 38.2 Å². The van der Waals surface area contributed by atoms with Gasteiger partial charge in [0.1, 0.15) is 5.76 Å². The highest BCUT2D eigenvalue weighted by atomic mass is 16.3. The van der Waals surface area contributed by atoms with Gasteiger partial charge in [0.2, 0.25) is 11.9 Å². The number of nitrogens with one attached hydrogen (secondary N) is 1. The Balaban J connectivity index is 1.60. The summed E-state index contributed by atoms with van der Waals surface area (Å²) in [6.07, 6.45) is 7.03. The number of amides is 1. The van der Waals surface area contributed by atoms with E-state index >= 15 is 0 Å². The van der Waals surface area contributed by atoms with Gasteiger partial charge in [-0.15, -0.1) is 0 Å². The molecule has 0 unspecified atom stereocenters. The number of piperidine rings is 1. The predicted molar refractivity (Wildman–Crippen MR) is 104 cm³/mol. The fourth-order valence-corrected chi connectivity index (χ4v) is 3.72. The quantitative estimate of drug-likeness (QED) is 0.768. The van der Waals surface area contributed by atoms with E-state index in [2.05, 4.69) is 38.9 Å². The van der Waals surface area contributed by atoms with Crippen molar-refractivity contribution in [3.63, 3.8) is 0 Å². The van der Waals surface area contributed by atoms with Crippen LogP contribution >= 0.6 is 0 Å². The Morgan fingerprint density at radius 1 is 1.33 bits per heavy atom. The summed E-state index contributed by atoms with van der Waals surface area (Å²) in [6, 6.07) is 5.73. The molecule has 146 valence electrons. The molecule has 0 saturated carbocycles. The number of hydrogen-bond acceptors (Lipinski definition) is 6. The van der Waals surface area contributed by atoms with Crippen LogP contribution in [0.2, 0.25) is 0 Å². The maximum atomic E-state index is 12.8. The highest BCUT2D eigenvalue weighted by Gasteiger charge is 2.28. The Morgan fingerprint density at radius 2 is 2.11 bits per heavy atom. The first-order chi connectivity index (χ1) is 13.2. The van der Waals surface area contributed by atoms with Gasteiger partial charge in [0.05, 0.1) is 18.2 Å². The number of rotatable bonds is 8. The first-order valence-electron chi connectivity index (χ1n) is 9.80. The molecule has 2 aromatic heterocycles. The smallest absolute Gasteiger partial charge is 0.225 e. The number of likely N-dealkylation sites (N-methyl/N-ethyl adjacent to an activating group) is 1. The van der Waals surface area contributed by atoms with Crippen molar-refractivity contribution < 1.29 is 9.21 Å². The Labute approximate surface area is 160 Å². The number of furan rings is 1. The Hall–Kier alpha value is -2.41. The minimum absolute atomic E-state index is 0.0449. The van der Waals surface area contributed by atoms with E-state index in [1.165, 1.54) is 0 Å². The second-order valence-electron chi connectivity index (χ2n) is 6.83. The van der Waals surface area contributed by atoms with Crippen LogP contribution in [0.4, 0.5) is 5.95 Å². The molecule has 27 heavy (non-hydrogen) atoms. The lowest BCUT2D eigenvalue weighted by Crippen LogP contribution is -2.45. The lowest BCUT2D eigenvalue weighted by molar-refractivity contribution is -0.125. The molecule has 0 bridgehead atoms. The molecule has 7 heteroatoms. The van der Waals surface area contributed by atoms with E-state index in [0.29, 0.717) is 19.0 Å². The molecule has 2 aromatic rings. The molecule has 3 heterocycles. The minimum atomic E-state index is -0.0449. The Kier molecular flexibility index (Phi) is 6.81. The maximum Gasteiger partial charge on any atom is 0.225 e. The number of hydrogen-bond donors (Lipinski definition) is 1. The highest BCUT2D eigenvalue weighted by molar-refractivity contribution is 5.79. The molecule has 1 saturated heterocycles. The summed E-state index contributed by atoms with van der Waals surface area (Å²) in [6.45, 7) is 8.15. The first-order valence-corrected chi connectivity index (χ1v) is 9.80. The van der Waals surface area contributed by atoms with Crippen molar-refractivity contribution in [1.29, 1.82) is 0 Å². The zero-order valence-electron chi connectivity index (χ0n) is 16.2. The van der Waals surface area contributed by atoms with Crippen LogP contribution < -0.4 is 10.2 Å². The fraction of sp³-hybridized carbons (Fsp3) is 0.550. The van der Waals surface area contributed by atoms with Gasteiger partial charge in [0.25, 0.3) is 0 Å². The van der Waals surface area contributed by atoms with Gasteiger partial charge in [-0.05, 0) is 44.1 Å². The van der Waals surface area contributed by atoms with Gasteiger partial charge in [-0.3, -0.25) is 9.69 Å². The number of aromatic nitrogens is 2. The van der Waals surface area contributed by atoms with Gasteiger partial charge >= 0.3 is 0 Å². The monoisotopic (exact) mass is 371 g/mol. The third kappa shape index (κ3) is 4.86. The molecule has 1 N–H and O–H groups in total. The second kappa shape index (κ2) is 9.50. The maximum absolute atomic E-state index is 12.8. The number of anilines is 1. The molecular weight excluding hydrogens is 342 g/mol. The molecule has 3 rings (SSSR count). The predicted octanol–water partition coefficient (Wildman–Crippen LogP) is 2.49. The SMILES string of the molecule is CCN(CC)[C@H](CNC(=O)[C@@H]1CCCN(c2ncccn2)C1)c1ccco1. The summed E-state index contributed by atoms with van der Waals surface area (Å²) in [5.41, 5.74) is 0. The molecule has 1 aliphatic rings. The van der Waals surface area contributed by atoms with Crippen molar-refractivity contribution in [3.05, 3.63) is 42.6 Å². The van der Waals surface area contributed by atoms with Crippen LogP contribution in [0.5, 0.6) is 0 Å². The number of carbonyl (C=O) groups is 1. The third-order valence-corrected chi connectivity index (χ3v) is 5.22. The fourth-order valence-electron chi connectivity index (χ4n) is 3.72. The summed E-state index contributed by atoms with van der Waals surface area (Å²) in [4.78, 5) is 25.8. The van der Waals surface area contributed by atoms with E-state index in [9.17, 15) is 4.79 Å². The van der Waals surface area contributed by atoms with Gasteiger partial charge in [-0.25, -0.2) is 9.97 Å². The summed E-state index contributed by atoms with van der Waals surface area (Å²) >= 11 is 0.